The molecule has 208 valence electrons. The van der Waals surface area contributed by atoms with Crippen molar-refractivity contribution in [2.75, 3.05) is 13.2 Å². The molecule has 2 saturated heterocycles. The van der Waals surface area contributed by atoms with Gasteiger partial charge in [0.2, 0.25) is 0 Å². The van der Waals surface area contributed by atoms with Gasteiger partial charge in [-0.1, -0.05) is 0 Å². The van der Waals surface area contributed by atoms with E-state index in [4.69, 9.17) is 0 Å². The molecule has 2 aliphatic rings. The number of hydrogen-bond donors (Lipinski definition) is 0. The van der Waals surface area contributed by atoms with Gasteiger partial charge in [-0.15, -0.1) is 0 Å². The lowest BCUT2D eigenvalue weighted by atomic mass is 9.92. The Morgan fingerprint density at radius 1 is 0.514 bits per heavy atom. The maximum Gasteiger partial charge on any atom is 0.380 e. The van der Waals surface area contributed by atoms with Crippen molar-refractivity contribution in [2.45, 2.75) is 85.6 Å². The molecule has 3 nitrogen and oxygen atoms in total. The summed E-state index contributed by atoms with van der Waals surface area (Å²) in [6.45, 7) is -4.12. The van der Waals surface area contributed by atoms with E-state index in [1.54, 1.807) is 0 Å². The van der Waals surface area contributed by atoms with Gasteiger partial charge in [0.1, 0.15) is 12.2 Å². The van der Waals surface area contributed by atoms with Gasteiger partial charge in [0.25, 0.3) is 0 Å². The molecule has 0 aromatic carbocycles. The topological polar surface area (TPSA) is 34.3 Å². The van der Waals surface area contributed by atoms with Crippen molar-refractivity contribution in [3.8, 4) is 0 Å². The molecule has 0 aromatic heterocycles. The summed E-state index contributed by atoms with van der Waals surface area (Å²) in [6, 6.07) is 0. The molecule has 19 heteroatoms. The molecule has 0 bridgehead atoms. The first-order valence-corrected chi connectivity index (χ1v) is 9.10. The number of rotatable bonds is 12. The molecule has 0 N–H and O–H groups in total. The Morgan fingerprint density at radius 2 is 0.743 bits per heavy atom. The van der Waals surface area contributed by atoms with Gasteiger partial charge in [0, 0.05) is 13.8 Å². The van der Waals surface area contributed by atoms with Gasteiger partial charge >= 0.3 is 47.4 Å². The van der Waals surface area contributed by atoms with Gasteiger partial charge in [-0.05, 0) is 0 Å². The molecule has 0 aromatic rings. The third kappa shape index (κ3) is 4.53. The van der Waals surface area contributed by atoms with Crippen molar-refractivity contribution in [3.63, 3.8) is 0 Å². The van der Waals surface area contributed by atoms with Crippen LogP contribution in [0.1, 0.15) is 13.8 Å². The van der Waals surface area contributed by atoms with Crippen molar-refractivity contribution in [3.05, 3.63) is 0 Å². The van der Waals surface area contributed by atoms with Crippen LogP contribution in [0.3, 0.4) is 0 Å². The fourth-order valence-electron chi connectivity index (χ4n) is 2.76. The van der Waals surface area contributed by atoms with E-state index in [0.29, 0.717) is 0 Å². The first kappa shape index (κ1) is 30.0. The molecule has 2 fully saturated rings. The Kier molecular flexibility index (Phi) is 6.96. The van der Waals surface area contributed by atoms with Crippen molar-refractivity contribution in [1.82, 2.24) is 0 Å². The van der Waals surface area contributed by atoms with Gasteiger partial charge < -0.3 is 14.2 Å². The lowest BCUT2D eigenvalue weighted by molar-refractivity contribution is -0.401. The van der Waals surface area contributed by atoms with Crippen LogP contribution in [-0.4, -0.2) is 85.0 Å². The molecule has 2 heterocycles. The third-order valence-electron chi connectivity index (χ3n) is 5.13. The van der Waals surface area contributed by atoms with E-state index in [2.05, 4.69) is 14.2 Å². The van der Waals surface area contributed by atoms with E-state index < -0.39 is 98.9 Å². The Balaban J connectivity index is 2.53. The molecule has 0 radical (unpaired) electrons. The number of alkyl halides is 16. The average Bonchev–Trinajstić information content (AvgIpc) is 3.53. The second kappa shape index (κ2) is 8.13. The van der Waals surface area contributed by atoms with E-state index in [1.165, 1.54) is 0 Å². The molecule has 2 aliphatic heterocycles. The van der Waals surface area contributed by atoms with Gasteiger partial charge in [-0.2, -0.15) is 70.2 Å². The van der Waals surface area contributed by atoms with E-state index in [0.717, 1.165) is 0 Å². The predicted octanol–water partition coefficient (Wildman–Crippen LogP) is 5.66. The molecule has 4 atom stereocenters. The molecular formula is C16H14F16O3. The lowest BCUT2D eigenvalue weighted by Gasteiger charge is -2.42. The van der Waals surface area contributed by atoms with E-state index in [-0.39, 0.29) is 0 Å². The number of halogens is 16. The van der Waals surface area contributed by atoms with Crippen LogP contribution in [0.4, 0.5) is 70.2 Å². The highest BCUT2D eigenvalue weighted by Crippen LogP contribution is 2.58. The van der Waals surface area contributed by atoms with Crippen LogP contribution >= 0.6 is 0 Å². The molecule has 4 unspecified atom stereocenters. The van der Waals surface area contributed by atoms with Crippen molar-refractivity contribution in [2.24, 2.45) is 0 Å². The van der Waals surface area contributed by atoms with Gasteiger partial charge in [0.15, 0.2) is 12.2 Å². The quantitative estimate of drug-likeness (QED) is 0.229. The molecular weight excluding hydrogens is 544 g/mol. The largest absolute Gasteiger partial charge is 0.380 e. The number of hydrogen-bond acceptors (Lipinski definition) is 3. The van der Waals surface area contributed by atoms with Crippen LogP contribution in [0.5, 0.6) is 0 Å². The maximum absolute atomic E-state index is 14.4. The summed E-state index contributed by atoms with van der Waals surface area (Å²) in [5, 5.41) is 0. The van der Waals surface area contributed by atoms with Gasteiger partial charge in [-0.3, -0.25) is 0 Å². The van der Waals surface area contributed by atoms with Crippen LogP contribution in [-0.2, 0) is 14.2 Å². The highest BCUT2D eigenvalue weighted by atomic mass is 19.4. The molecule has 2 rings (SSSR count). The minimum absolute atomic E-state index is 0.900. The van der Waals surface area contributed by atoms with Crippen molar-refractivity contribution in [1.29, 1.82) is 0 Å². The zero-order valence-electron chi connectivity index (χ0n) is 17.0. The normalized spacial score (nSPS) is 24.9. The van der Waals surface area contributed by atoms with Gasteiger partial charge in [-0.25, -0.2) is 0 Å². The van der Waals surface area contributed by atoms with Gasteiger partial charge in [0.05, 0.1) is 13.2 Å². The van der Waals surface area contributed by atoms with Crippen LogP contribution in [0.15, 0.2) is 0 Å². The SMILES string of the molecule is CC(F)(F)C(F)(F)C(F)(F)C(F)(F)C(OC(C1CO1)C(F)(F)C(F)(F)C(F)(F)C(C)(F)F)C1CO1. The minimum Gasteiger partial charge on any atom is -0.370 e. The third-order valence-corrected chi connectivity index (χ3v) is 5.13. The molecule has 0 spiro atoms. The summed E-state index contributed by atoms with van der Waals surface area (Å²) in [5.74, 6) is -52.9. The lowest BCUT2D eigenvalue weighted by Crippen LogP contribution is -2.69. The maximum atomic E-state index is 14.4. The number of epoxide rings is 2. The summed E-state index contributed by atoms with van der Waals surface area (Å²) >= 11 is 0. The number of ether oxygens (including phenoxy) is 3. The summed E-state index contributed by atoms with van der Waals surface area (Å²) in [5.41, 5.74) is 0. The first-order chi connectivity index (χ1) is 15.2. The fraction of sp³-hybridized carbons (Fsp3) is 1.00. The monoisotopic (exact) mass is 558 g/mol. The second-order valence-electron chi connectivity index (χ2n) is 8.04. The fourth-order valence-corrected chi connectivity index (χ4v) is 2.76. The molecule has 0 aliphatic carbocycles. The van der Waals surface area contributed by atoms with Crippen LogP contribution in [0.25, 0.3) is 0 Å². The van der Waals surface area contributed by atoms with Crippen molar-refractivity contribution >= 4 is 0 Å². The van der Waals surface area contributed by atoms with Crippen LogP contribution < -0.4 is 0 Å². The summed E-state index contributed by atoms with van der Waals surface area (Å²) < 4.78 is 231. The van der Waals surface area contributed by atoms with E-state index in [9.17, 15) is 70.2 Å². The van der Waals surface area contributed by atoms with Crippen LogP contribution in [0.2, 0.25) is 0 Å². The molecule has 0 saturated carbocycles. The van der Waals surface area contributed by atoms with E-state index in [1.807, 2.05) is 0 Å². The first-order valence-electron chi connectivity index (χ1n) is 9.10. The molecule has 0 amide bonds. The zero-order valence-corrected chi connectivity index (χ0v) is 17.0. The Morgan fingerprint density at radius 3 is 0.914 bits per heavy atom. The highest BCUT2D eigenvalue weighted by molar-refractivity contribution is 5.12. The minimum atomic E-state index is -7.12. The average molecular weight is 558 g/mol. The Hall–Kier alpha value is -1.24. The summed E-state index contributed by atoms with van der Waals surface area (Å²) in [6.07, 6.45) is -13.4. The Labute approximate surface area is 184 Å². The second-order valence-corrected chi connectivity index (χ2v) is 8.04. The molecule has 35 heavy (non-hydrogen) atoms. The summed E-state index contributed by atoms with van der Waals surface area (Å²) in [7, 11) is 0. The predicted molar refractivity (Wildman–Crippen MR) is 79.1 cm³/mol. The smallest absolute Gasteiger partial charge is 0.370 e. The zero-order chi connectivity index (χ0) is 27.8. The van der Waals surface area contributed by atoms with Crippen LogP contribution in [0, 0.1) is 0 Å². The standard InChI is InChI=1S/C16H14F16O3/c1-9(17,18)13(25,26)15(29,30)11(21,22)7(5-3-33-5)35-8(6-4-34-6)12(23,24)16(31,32)14(27,28)10(2,19)20/h5-8H,3-4H2,1-2H3. The van der Waals surface area contributed by atoms with E-state index >= 15 is 0 Å². The summed E-state index contributed by atoms with van der Waals surface area (Å²) in [4.78, 5) is 0. The Bertz CT molecular complexity index is 715. The highest BCUT2D eigenvalue weighted by Gasteiger charge is 2.85. The van der Waals surface area contributed by atoms with Crippen molar-refractivity contribution < 1.29 is 84.5 Å².